The highest BCUT2D eigenvalue weighted by atomic mass is 16.6. The van der Waals surface area contributed by atoms with Crippen molar-refractivity contribution in [3.63, 3.8) is 0 Å². The third-order valence-corrected chi connectivity index (χ3v) is 15.8. The molecule has 0 N–H and O–H groups in total. The van der Waals surface area contributed by atoms with E-state index < -0.39 is 6.10 Å². The monoisotopic (exact) mass is 1060 g/mol. The summed E-state index contributed by atoms with van der Waals surface area (Å²) < 4.78 is 16.9. The Morgan fingerprint density at radius 3 is 0.667 bits per heavy atom. The van der Waals surface area contributed by atoms with E-state index in [9.17, 15) is 14.4 Å². The first-order valence-electron chi connectivity index (χ1n) is 34.2. The Morgan fingerprint density at radius 2 is 0.440 bits per heavy atom. The first-order chi connectivity index (χ1) is 37.0. The Hall–Kier alpha value is -1.85. The van der Waals surface area contributed by atoms with Gasteiger partial charge in [-0.15, -0.1) is 0 Å². The summed E-state index contributed by atoms with van der Waals surface area (Å²) in [6.45, 7) is 6.69. The van der Waals surface area contributed by atoms with Crippen LogP contribution in [0.25, 0.3) is 0 Å². The molecule has 1 unspecified atom stereocenters. The summed E-state index contributed by atoms with van der Waals surface area (Å²) in [4.78, 5) is 38.2. The molecule has 0 aliphatic heterocycles. The fourth-order valence-corrected chi connectivity index (χ4v) is 10.6. The quantitative estimate of drug-likeness (QED) is 0.0261. The Balaban J connectivity index is 4.05. The third-order valence-electron chi connectivity index (χ3n) is 15.8. The van der Waals surface area contributed by atoms with Gasteiger partial charge in [-0.25, -0.2) is 0 Å². The first-order valence-corrected chi connectivity index (χ1v) is 34.2. The minimum atomic E-state index is -0.766. The summed E-state index contributed by atoms with van der Waals surface area (Å²) in [6.07, 6.45) is 76.9. The van der Waals surface area contributed by atoms with Crippen LogP contribution in [0, 0.1) is 0 Å². The van der Waals surface area contributed by atoms with Gasteiger partial charge in [0.15, 0.2) is 6.10 Å². The fourth-order valence-electron chi connectivity index (χ4n) is 10.6. The number of rotatable bonds is 64. The standard InChI is InChI=1S/C69H132O6/c1-4-7-10-13-16-19-21-23-25-27-29-31-32-33-34-35-36-37-39-40-42-44-46-48-50-53-56-59-62-68(71)74-65-66(64-73-67(70)61-58-55-52-18-15-12-9-6-3)75-69(72)63-60-57-54-51-49-47-45-43-41-38-30-28-26-24-22-20-17-14-11-8-5-2/h28,30,66H,4-27,29,31-65H2,1-3H3/b30-28-. The van der Waals surface area contributed by atoms with Gasteiger partial charge in [-0.3, -0.25) is 14.4 Å². The molecule has 75 heavy (non-hydrogen) atoms. The van der Waals surface area contributed by atoms with Crippen LogP contribution in [0.4, 0.5) is 0 Å². The fraction of sp³-hybridized carbons (Fsp3) is 0.928. The number of hydrogen-bond acceptors (Lipinski definition) is 6. The van der Waals surface area contributed by atoms with Gasteiger partial charge in [0.1, 0.15) is 13.2 Å². The number of unbranched alkanes of at least 4 members (excludes halogenated alkanes) is 51. The molecule has 0 amide bonds. The highest BCUT2D eigenvalue weighted by molar-refractivity contribution is 5.71. The van der Waals surface area contributed by atoms with E-state index in [0.29, 0.717) is 19.3 Å². The van der Waals surface area contributed by atoms with Crippen LogP contribution in [0.15, 0.2) is 12.2 Å². The van der Waals surface area contributed by atoms with Gasteiger partial charge in [-0.05, 0) is 44.9 Å². The number of esters is 3. The molecule has 0 spiro atoms. The molecule has 6 heteroatoms. The second-order valence-corrected chi connectivity index (χ2v) is 23.5. The third kappa shape index (κ3) is 62.9. The highest BCUT2D eigenvalue weighted by Gasteiger charge is 2.19. The number of allylic oxidation sites excluding steroid dienone is 2. The van der Waals surface area contributed by atoms with Gasteiger partial charge in [0, 0.05) is 19.3 Å². The van der Waals surface area contributed by atoms with Gasteiger partial charge in [-0.1, -0.05) is 341 Å². The number of carbonyl (C=O) groups is 3. The minimum absolute atomic E-state index is 0.0647. The van der Waals surface area contributed by atoms with Crippen LogP contribution in [0.3, 0.4) is 0 Å². The Kier molecular flexibility index (Phi) is 63.1. The second-order valence-electron chi connectivity index (χ2n) is 23.5. The molecule has 0 aromatic carbocycles. The summed E-state index contributed by atoms with van der Waals surface area (Å²) in [5.41, 5.74) is 0. The Morgan fingerprint density at radius 1 is 0.253 bits per heavy atom. The molecule has 0 saturated heterocycles. The molecule has 0 heterocycles. The molecule has 0 saturated carbocycles. The lowest BCUT2D eigenvalue weighted by Crippen LogP contribution is -2.30. The van der Waals surface area contributed by atoms with Crippen molar-refractivity contribution in [2.24, 2.45) is 0 Å². The lowest BCUT2D eigenvalue weighted by Gasteiger charge is -2.18. The van der Waals surface area contributed by atoms with E-state index in [-0.39, 0.29) is 31.1 Å². The van der Waals surface area contributed by atoms with Crippen LogP contribution in [0.1, 0.15) is 393 Å². The van der Waals surface area contributed by atoms with Crippen molar-refractivity contribution < 1.29 is 28.6 Å². The van der Waals surface area contributed by atoms with E-state index in [2.05, 4.69) is 32.9 Å². The van der Waals surface area contributed by atoms with Gasteiger partial charge in [0.05, 0.1) is 0 Å². The zero-order valence-electron chi connectivity index (χ0n) is 51.1. The molecule has 6 nitrogen and oxygen atoms in total. The van der Waals surface area contributed by atoms with E-state index >= 15 is 0 Å². The van der Waals surface area contributed by atoms with E-state index in [4.69, 9.17) is 14.2 Å². The summed E-state index contributed by atoms with van der Waals surface area (Å²) >= 11 is 0. The molecule has 0 aliphatic carbocycles. The molecule has 0 radical (unpaired) electrons. The summed E-state index contributed by atoms with van der Waals surface area (Å²) in [5.74, 6) is -0.842. The molecule has 444 valence electrons. The van der Waals surface area contributed by atoms with Crippen molar-refractivity contribution in [1.29, 1.82) is 0 Å². The van der Waals surface area contributed by atoms with Gasteiger partial charge >= 0.3 is 17.9 Å². The van der Waals surface area contributed by atoms with Crippen molar-refractivity contribution in [2.75, 3.05) is 13.2 Å². The van der Waals surface area contributed by atoms with E-state index in [0.717, 1.165) is 57.8 Å². The van der Waals surface area contributed by atoms with Crippen molar-refractivity contribution in [3.8, 4) is 0 Å². The zero-order chi connectivity index (χ0) is 54.3. The summed E-state index contributed by atoms with van der Waals surface area (Å²) in [5, 5.41) is 0. The average molecular weight is 1060 g/mol. The molecular weight excluding hydrogens is 925 g/mol. The van der Waals surface area contributed by atoms with Crippen LogP contribution in [-0.4, -0.2) is 37.2 Å². The van der Waals surface area contributed by atoms with Gasteiger partial charge in [0.25, 0.3) is 0 Å². The molecule has 0 bridgehead atoms. The number of hydrogen-bond donors (Lipinski definition) is 0. The van der Waals surface area contributed by atoms with Crippen LogP contribution in [0.5, 0.6) is 0 Å². The lowest BCUT2D eigenvalue weighted by atomic mass is 10.0. The molecule has 1 atom stereocenters. The number of carbonyl (C=O) groups excluding carboxylic acids is 3. The van der Waals surface area contributed by atoms with E-state index in [1.54, 1.807) is 0 Å². The second kappa shape index (κ2) is 64.7. The van der Waals surface area contributed by atoms with Gasteiger partial charge in [0.2, 0.25) is 0 Å². The smallest absolute Gasteiger partial charge is 0.306 e. The van der Waals surface area contributed by atoms with Crippen molar-refractivity contribution in [1.82, 2.24) is 0 Å². The predicted octanol–water partition coefficient (Wildman–Crippen LogP) is 23.2. The largest absolute Gasteiger partial charge is 0.462 e. The van der Waals surface area contributed by atoms with Gasteiger partial charge in [-0.2, -0.15) is 0 Å². The highest BCUT2D eigenvalue weighted by Crippen LogP contribution is 2.19. The molecule has 0 rings (SSSR count). The van der Waals surface area contributed by atoms with E-state index in [1.165, 1.54) is 295 Å². The molecule has 0 aliphatic rings. The molecular formula is C69H132O6. The van der Waals surface area contributed by atoms with Gasteiger partial charge < -0.3 is 14.2 Å². The summed E-state index contributed by atoms with van der Waals surface area (Å²) in [6, 6.07) is 0. The molecule has 0 fully saturated rings. The summed E-state index contributed by atoms with van der Waals surface area (Å²) in [7, 11) is 0. The lowest BCUT2D eigenvalue weighted by molar-refractivity contribution is -0.167. The maximum Gasteiger partial charge on any atom is 0.306 e. The van der Waals surface area contributed by atoms with Crippen LogP contribution < -0.4 is 0 Å². The minimum Gasteiger partial charge on any atom is -0.462 e. The number of ether oxygens (including phenoxy) is 3. The molecule has 0 aromatic rings. The van der Waals surface area contributed by atoms with Crippen molar-refractivity contribution in [3.05, 3.63) is 12.2 Å². The SMILES string of the molecule is CCCCCCCCCC/C=C\CCCCCCCCCCCC(=O)OC(COC(=O)CCCCCCCCCC)COC(=O)CCCCCCCCCCCCCCCCCCCCCCCCCCCCCC. The zero-order valence-corrected chi connectivity index (χ0v) is 51.1. The Labute approximate surface area is 469 Å². The maximum atomic E-state index is 12.9. The topological polar surface area (TPSA) is 78.9 Å². The Bertz CT molecular complexity index is 1170. The van der Waals surface area contributed by atoms with Crippen LogP contribution >= 0.6 is 0 Å². The van der Waals surface area contributed by atoms with E-state index in [1.807, 2.05) is 0 Å². The van der Waals surface area contributed by atoms with Crippen molar-refractivity contribution in [2.45, 2.75) is 399 Å². The normalized spacial score (nSPS) is 12.0. The average Bonchev–Trinajstić information content (AvgIpc) is 3.41. The first kappa shape index (κ1) is 73.2. The predicted molar refractivity (Wildman–Crippen MR) is 326 cm³/mol. The molecule has 0 aromatic heterocycles. The van der Waals surface area contributed by atoms with Crippen LogP contribution in [-0.2, 0) is 28.6 Å². The maximum absolute atomic E-state index is 12.9. The van der Waals surface area contributed by atoms with Crippen LogP contribution in [0.2, 0.25) is 0 Å². The van der Waals surface area contributed by atoms with Crippen molar-refractivity contribution >= 4 is 17.9 Å².